The molecule has 0 atom stereocenters. The topological polar surface area (TPSA) is 74.6 Å². The van der Waals surface area contributed by atoms with Crippen LogP contribution in [-0.2, 0) is 0 Å². The number of rotatable bonds is 4. The van der Waals surface area contributed by atoms with Gasteiger partial charge in [0.1, 0.15) is 0 Å². The van der Waals surface area contributed by atoms with Gasteiger partial charge in [-0.15, -0.1) is 0 Å². The first-order valence-electron chi connectivity index (χ1n) is 5.91. The molecule has 0 aliphatic carbocycles. The minimum atomic E-state index is -0.996. The largest absolute Gasteiger partial charge is 0.478 e. The van der Waals surface area contributed by atoms with Crippen LogP contribution in [0, 0.1) is 0 Å². The Balaban J connectivity index is 2.32. The van der Waals surface area contributed by atoms with Crippen LogP contribution in [0.15, 0.2) is 48.5 Å². The molecule has 2 aromatic carbocycles. The summed E-state index contributed by atoms with van der Waals surface area (Å²) in [5.41, 5.74) is 1.67. The summed E-state index contributed by atoms with van der Waals surface area (Å²) >= 11 is 0. The summed E-state index contributed by atoms with van der Waals surface area (Å²) in [6, 6.07) is 13.1. The lowest BCUT2D eigenvalue weighted by Gasteiger charge is -2.00. The Labute approximate surface area is 115 Å². The number of aromatic carboxylic acids is 2. The van der Waals surface area contributed by atoms with Crippen molar-refractivity contribution in [1.29, 1.82) is 0 Å². The molecule has 100 valence electrons. The Morgan fingerprint density at radius 1 is 0.850 bits per heavy atom. The minimum absolute atomic E-state index is 0.193. The predicted molar refractivity (Wildman–Crippen MR) is 75.7 cm³/mol. The van der Waals surface area contributed by atoms with E-state index in [0.29, 0.717) is 11.1 Å². The van der Waals surface area contributed by atoms with Gasteiger partial charge >= 0.3 is 11.9 Å². The number of hydrogen-bond donors (Lipinski definition) is 2. The summed E-state index contributed by atoms with van der Waals surface area (Å²) in [7, 11) is 0. The van der Waals surface area contributed by atoms with Crippen LogP contribution in [0.2, 0.25) is 0 Å². The molecule has 4 heteroatoms. The lowest BCUT2D eigenvalue weighted by atomic mass is 10.1. The number of benzene rings is 2. The number of carbonyl (C=O) groups is 2. The van der Waals surface area contributed by atoms with Gasteiger partial charge in [0, 0.05) is 0 Å². The van der Waals surface area contributed by atoms with E-state index in [1.807, 2.05) is 0 Å². The van der Waals surface area contributed by atoms with Crippen molar-refractivity contribution in [1.82, 2.24) is 0 Å². The zero-order chi connectivity index (χ0) is 14.5. The van der Waals surface area contributed by atoms with Gasteiger partial charge in [-0.2, -0.15) is 0 Å². The highest BCUT2D eigenvalue weighted by molar-refractivity contribution is 5.93. The van der Waals surface area contributed by atoms with E-state index in [1.54, 1.807) is 42.5 Å². The van der Waals surface area contributed by atoms with Crippen LogP contribution >= 0.6 is 0 Å². The summed E-state index contributed by atoms with van der Waals surface area (Å²) in [5, 5.41) is 18.0. The van der Waals surface area contributed by atoms with Gasteiger partial charge in [0.15, 0.2) is 0 Å². The predicted octanol–water partition coefficient (Wildman–Crippen LogP) is 3.25. The van der Waals surface area contributed by atoms with Crippen LogP contribution in [0.5, 0.6) is 0 Å². The third-order valence-corrected chi connectivity index (χ3v) is 2.78. The third-order valence-electron chi connectivity index (χ3n) is 2.78. The molecule has 0 heterocycles. The van der Waals surface area contributed by atoms with Crippen molar-refractivity contribution in [3.63, 3.8) is 0 Å². The maximum atomic E-state index is 11.1. The van der Waals surface area contributed by atoms with E-state index in [4.69, 9.17) is 10.2 Å². The van der Waals surface area contributed by atoms with Crippen molar-refractivity contribution >= 4 is 24.1 Å². The summed E-state index contributed by atoms with van der Waals surface area (Å²) in [4.78, 5) is 21.9. The Morgan fingerprint density at radius 3 is 2.30 bits per heavy atom. The fourth-order valence-corrected chi connectivity index (χ4v) is 1.80. The van der Waals surface area contributed by atoms with Gasteiger partial charge < -0.3 is 10.2 Å². The lowest BCUT2D eigenvalue weighted by molar-refractivity contribution is 0.0686. The Morgan fingerprint density at radius 2 is 1.60 bits per heavy atom. The number of carboxylic acid groups (broad SMARTS) is 2. The van der Waals surface area contributed by atoms with Crippen LogP contribution < -0.4 is 0 Å². The molecule has 0 aromatic heterocycles. The van der Waals surface area contributed by atoms with Crippen molar-refractivity contribution in [2.24, 2.45) is 0 Å². The Kier molecular flexibility index (Phi) is 3.96. The molecule has 0 saturated carbocycles. The van der Waals surface area contributed by atoms with Crippen LogP contribution in [0.3, 0.4) is 0 Å². The summed E-state index contributed by atoms with van der Waals surface area (Å²) < 4.78 is 0. The average molecular weight is 268 g/mol. The van der Waals surface area contributed by atoms with Gasteiger partial charge in [-0.1, -0.05) is 42.5 Å². The van der Waals surface area contributed by atoms with Gasteiger partial charge in [0.25, 0.3) is 0 Å². The molecule has 2 N–H and O–H groups in total. The van der Waals surface area contributed by atoms with Gasteiger partial charge in [-0.3, -0.25) is 0 Å². The molecule has 4 nitrogen and oxygen atoms in total. The van der Waals surface area contributed by atoms with Gasteiger partial charge in [0.05, 0.1) is 11.1 Å². The molecule has 0 aliphatic heterocycles. The molecule has 0 aliphatic rings. The third kappa shape index (κ3) is 3.11. The van der Waals surface area contributed by atoms with E-state index in [-0.39, 0.29) is 11.1 Å². The Bertz CT molecular complexity index is 686. The maximum Gasteiger partial charge on any atom is 0.336 e. The highest BCUT2D eigenvalue weighted by Gasteiger charge is 2.06. The van der Waals surface area contributed by atoms with E-state index >= 15 is 0 Å². The molecule has 0 bridgehead atoms. The van der Waals surface area contributed by atoms with Crippen molar-refractivity contribution in [3.8, 4) is 0 Å². The molecule has 20 heavy (non-hydrogen) atoms. The van der Waals surface area contributed by atoms with Crippen LogP contribution in [0.4, 0.5) is 0 Å². The standard InChI is InChI=1S/C16H12O4/c17-15(18)13-6-3-4-11(10-13)8-9-12-5-1-2-7-14(12)16(19)20/h1-10H,(H,17,18)(H,19,20)/b9-8+. The van der Waals surface area contributed by atoms with Crippen LogP contribution in [0.25, 0.3) is 12.2 Å². The molecule has 0 fully saturated rings. The fourth-order valence-electron chi connectivity index (χ4n) is 1.80. The van der Waals surface area contributed by atoms with Gasteiger partial charge in [0.2, 0.25) is 0 Å². The molecular formula is C16H12O4. The van der Waals surface area contributed by atoms with E-state index in [1.165, 1.54) is 18.2 Å². The first kappa shape index (κ1) is 13.5. The zero-order valence-corrected chi connectivity index (χ0v) is 10.5. The Hall–Kier alpha value is -2.88. The molecule has 0 radical (unpaired) electrons. The van der Waals surface area contributed by atoms with Gasteiger partial charge in [-0.05, 0) is 29.3 Å². The molecular weight excluding hydrogens is 256 g/mol. The van der Waals surface area contributed by atoms with E-state index in [0.717, 1.165) is 0 Å². The monoisotopic (exact) mass is 268 g/mol. The second-order valence-electron chi connectivity index (χ2n) is 4.16. The summed E-state index contributed by atoms with van der Waals surface area (Å²) in [6.07, 6.45) is 3.35. The normalized spacial score (nSPS) is 10.6. The fraction of sp³-hybridized carbons (Fsp3) is 0. The van der Waals surface area contributed by atoms with Gasteiger partial charge in [-0.25, -0.2) is 9.59 Å². The minimum Gasteiger partial charge on any atom is -0.478 e. The molecule has 2 rings (SSSR count). The highest BCUT2D eigenvalue weighted by atomic mass is 16.4. The molecule has 0 unspecified atom stereocenters. The smallest absolute Gasteiger partial charge is 0.336 e. The lowest BCUT2D eigenvalue weighted by Crippen LogP contribution is -1.98. The molecule has 0 spiro atoms. The molecule has 0 saturated heterocycles. The summed E-state index contributed by atoms with van der Waals surface area (Å²) in [5.74, 6) is -1.99. The van der Waals surface area contributed by atoms with E-state index in [9.17, 15) is 9.59 Å². The average Bonchev–Trinajstić information content (AvgIpc) is 2.45. The first-order chi connectivity index (χ1) is 9.58. The quantitative estimate of drug-likeness (QED) is 0.835. The number of hydrogen-bond acceptors (Lipinski definition) is 2. The number of carboxylic acids is 2. The van der Waals surface area contributed by atoms with Crippen LogP contribution in [0.1, 0.15) is 31.8 Å². The maximum absolute atomic E-state index is 11.1. The molecule has 0 amide bonds. The zero-order valence-electron chi connectivity index (χ0n) is 10.5. The summed E-state index contributed by atoms with van der Waals surface area (Å²) in [6.45, 7) is 0. The molecule has 2 aromatic rings. The van der Waals surface area contributed by atoms with Crippen LogP contribution in [-0.4, -0.2) is 22.2 Å². The van der Waals surface area contributed by atoms with Crippen molar-refractivity contribution in [2.75, 3.05) is 0 Å². The van der Waals surface area contributed by atoms with Crippen molar-refractivity contribution in [3.05, 3.63) is 70.8 Å². The van der Waals surface area contributed by atoms with E-state index < -0.39 is 11.9 Å². The van der Waals surface area contributed by atoms with Crippen molar-refractivity contribution in [2.45, 2.75) is 0 Å². The second-order valence-corrected chi connectivity index (χ2v) is 4.16. The van der Waals surface area contributed by atoms with Crippen molar-refractivity contribution < 1.29 is 19.8 Å². The SMILES string of the molecule is O=C(O)c1cccc(/C=C/c2ccccc2C(=O)O)c1. The first-order valence-corrected chi connectivity index (χ1v) is 5.91. The highest BCUT2D eigenvalue weighted by Crippen LogP contribution is 2.14. The second kappa shape index (κ2) is 5.84. The van der Waals surface area contributed by atoms with E-state index in [2.05, 4.69) is 0 Å².